The van der Waals surface area contributed by atoms with Crippen LogP contribution in [0.5, 0.6) is 5.75 Å². The van der Waals surface area contributed by atoms with Crippen LogP contribution < -0.4 is 26.4 Å². The number of aromatic nitrogens is 1. The van der Waals surface area contributed by atoms with Gasteiger partial charge in [-0.15, -0.1) is 0 Å². The smallest absolute Gasteiger partial charge is 0.325 e. The molecule has 0 spiro atoms. The van der Waals surface area contributed by atoms with Crippen LogP contribution in [0.25, 0.3) is 0 Å². The molecule has 196 valence electrons. The van der Waals surface area contributed by atoms with Crippen molar-refractivity contribution in [3.05, 3.63) is 58.5 Å². The number of para-hydroxylation sites is 2. The third kappa shape index (κ3) is 6.06. The van der Waals surface area contributed by atoms with Crippen molar-refractivity contribution < 1.29 is 33.1 Å². The second-order valence-electron chi connectivity index (χ2n) is 7.59. The van der Waals surface area contributed by atoms with E-state index in [4.69, 9.17) is 25.4 Å². The topological polar surface area (TPSA) is 180 Å². The summed E-state index contributed by atoms with van der Waals surface area (Å²) in [5.74, 6) is -2.17. The molecule has 0 radical (unpaired) electrons. The maximum atomic E-state index is 14.0. The molecule has 0 aliphatic heterocycles. The van der Waals surface area contributed by atoms with Crippen molar-refractivity contribution in [1.82, 2.24) is 9.69 Å². The van der Waals surface area contributed by atoms with E-state index in [0.29, 0.717) is 23.0 Å². The van der Waals surface area contributed by atoms with Gasteiger partial charge in [0.1, 0.15) is 28.7 Å². The summed E-state index contributed by atoms with van der Waals surface area (Å²) < 4.78 is 20.3. The summed E-state index contributed by atoms with van der Waals surface area (Å²) in [7, 11) is 0. The zero-order chi connectivity index (χ0) is 27.1. The molecule has 2 heterocycles. The van der Waals surface area contributed by atoms with E-state index in [-0.39, 0.29) is 40.9 Å². The molecule has 3 aromatic rings. The van der Waals surface area contributed by atoms with E-state index < -0.39 is 36.3 Å². The Kier molecular flexibility index (Phi) is 8.85. The molecule has 2 aromatic heterocycles. The molecular weight excluding hydrogens is 502 g/mol. The number of primary amides is 1. The van der Waals surface area contributed by atoms with Gasteiger partial charge in [0.25, 0.3) is 17.7 Å². The predicted octanol–water partition coefficient (Wildman–Crippen LogP) is 2.19. The number of nitrogens with zero attached hydrogens (tertiary/aromatic N) is 2. The molecule has 0 saturated heterocycles. The Bertz CT molecular complexity index is 1300. The number of carbonyl (C=O) groups is 4. The lowest BCUT2D eigenvalue weighted by Crippen LogP contribution is -2.45. The highest BCUT2D eigenvalue weighted by Gasteiger charge is 2.39. The van der Waals surface area contributed by atoms with Crippen molar-refractivity contribution in [3.8, 4) is 5.75 Å². The normalized spacial score (nSPS) is 11.4. The van der Waals surface area contributed by atoms with Gasteiger partial charge in [-0.1, -0.05) is 12.1 Å². The molecule has 0 bridgehead atoms. The number of hydrogen-bond donors (Lipinski definition) is 3. The fraction of sp³-hybridized carbons (Fsp3) is 0.292. The minimum atomic E-state index is -1.41. The van der Waals surface area contributed by atoms with E-state index >= 15 is 0 Å². The second-order valence-corrected chi connectivity index (χ2v) is 8.36. The van der Waals surface area contributed by atoms with Crippen LogP contribution in [-0.2, 0) is 14.3 Å². The van der Waals surface area contributed by atoms with Gasteiger partial charge in [-0.2, -0.15) is 4.37 Å². The number of ether oxygens (including phenoxy) is 2. The van der Waals surface area contributed by atoms with Crippen LogP contribution in [0.3, 0.4) is 0 Å². The number of benzene rings is 1. The van der Waals surface area contributed by atoms with Crippen LogP contribution in [-0.4, -0.2) is 47.8 Å². The maximum absolute atomic E-state index is 14.0. The summed E-state index contributed by atoms with van der Waals surface area (Å²) in [5.41, 5.74) is 11.1. The minimum absolute atomic E-state index is 0.108. The Labute approximate surface area is 216 Å². The lowest BCUT2D eigenvalue weighted by atomic mass is 10.1. The standard InChI is InChI=1S/C24H27N5O7S/c1-4-34-15-9-7-6-8-14(15)29(24(33)21-18(25)19(22(26)31)28-37-21)20(16-11-10-13(3)36-16)23(32)27-12-17(30)35-5-2/h6-11,20H,4-5,12,25H2,1-3H3,(H2,26,31)(H,27,32). The number of carbonyl (C=O) groups excluding carboxylic acids is 4. The van der Waals surface area contributed by atoms with Gasteiger partial charge in [0, 0.05) is 0 Å². The average Bonchev–Trinajstić information content (AvgIpc) is 3.47. The van der Waals surface area contributed by atoms with Crippen molar-refractivity contribution in [2.45, 2.75) is 26.8 Å². The van der Waals surface area contributed by atoms with E-state index in [9.17, 15) is 19.2 Å². The highest BCUT2D eigenvalue weighted by molar-refractivity contribution is 7.09. The highest BCUT2D eigenvalue weighted by atomic mass is 32.1. The Balaban J connectivity index is 2.19. The van der Waals surface area contributed by atoms with E-state index in [1.807, 2.05) is 0 Å². The predicted molar refractivity (Wildman–Crippen MR) is 135 cm³/mol. The fourth-order valence-electron chi connectivity index (χ4n) is 3.48. The van der Waals surface area contributed by atoms with Gasteiger partial charge < -0.3 is 30.7 Å². The summed E-state index contributed by atoms with van der Waals surface area (Å²) in [6.07, 6.45) is 0. The number of rotatable bonds is 11. The fourth-order valence-corrected chi connectivity index (χ4v) is 4.22. The SMILES string of the molecule is CCOC(=O)CNC(=O)C(c1ccc(C)o1)N(C(=O)c1snc(C(N)=O)c1N)c1ccccc1OCC. The highest BCUT2D eigenvalue weighted by Crippen LogP contribution is 2.38. The van der Waals surface area contributed by atoms with Crippen molar-refractivity contribution in [1.29, 1.82) is 0 Å². The molecule has 3 rings (SSSR count). The van der Waals surface area contributed by atoms with Crippen molar-refractivity contribution in [2.75, 3.05) is 30.4 Å². The number of nitrogens with two attached hydrogens (primary N) is 2. The molecule has 0 saturated carbocycles. The second kappa shape index (κ2) is 12.0. The first-order valence-corrected chi connectivity index (χ1v) is 12.1. The molecule has 0 fully saturated rings. The van der Waals surface area contributed by atoms with Crippen LogP contribution in [0.4, 0.5) is 11.4 Å². The Morgan fingerprint density at radius 2 is 1.86 bits per heavy atom. The largest absolute Gasteiger partial charge is 0.492 e. The molecule has 1 aromatic carbocycles. The van der Waals surface area contributed by atoms with Gasteiger partial charge in [0.15, 0.2) is 11.7 Å². The summed E-state index contributed by atoms with van der Waals surface area (Å²) in [6.45, 7) is 5.05. The number of hydrogen-bond acceptors (Lipinski definition) is 10. The minimum Gasteiger partial charge on any atom is -0.492 e. The van der Waals surface area contributed by atoms with Gasteiger partial charge in [-0.25, -0.2) is 0 Å². The number of furan rings is 1. The van der Waals surface area contributed by atoms with E-state index in [1.54, 1.807) is 57.2 Å². The molecular formula is C24H27N5O7S. The number of amides is 3. The maximum Gasteiger partial charge on any atom is 0.325 e. The molecule has 1 unspecified atom stereocenters. The lowest BCUT2D eigenvalue weighted by Gasteiger charge is -2.30. The van der Waals surface area contributed by atoms with Gasteiger partial charge in [-0.3, -0.25) is 24.1 Å². The number of nitrogen functional groups attached to an aromatic ring is 1. The van der Waals surface area contributed by atoms with E-state index in [1.165, 1.54) is 0 Å². The van der Waals surface area contributed by atoms with Crippen molar-refractivity contribution >= 4 is 46.6 Å². The third-order valence-corrected chi connectivity index (χ3v) is 5.90. The quantitative estimate of drug-likeness (QED) is 0.314. The molecule has 1 atom stereocenters. The van der Waals surface area contributed by atoms with Gasteiger partial charge in [0.05, 0.1) is 24.6 Å². The van der Waals surface area contributed by atoms with Crippen LogP contribution >= 0.6 is 11.5 Å². The Hall–Kier alpha value is -4.39. The number of nitrogens with one attached hydrogen (secondary N) is 1. The number of aryl methyl sites for hydroxylation is 1. The average molecular weight is 530 g/mol. The van der Waals surface area contributed by atoms with Gasteiger partial charge >= 0.3 is 5.97 Å². The molecule has 37 heavy (non-hydrogen) atoms. The van der Waals surface area contributed by atoms with Gasteiger partial charge in [0.2, 0.25) is 0 Å². The molecule has 3 amide bonds. The Morgan fingerprint density at radius 3 is 2.46 bits per heavy atom. The molecule has 12 nitrogen and oxygen atoms in total. The summed E-state index contributed by atoms with van der Waals surface area (Å²) in [5, 5.41) is 2.50. The zero-order valence-corrected chi connectivity index (χ0v) is 21.3. The lowest BCUT2D eigenvalue weighted by molar-refractivity contribution is -0.143. The van der Waals surface area contributed by atoms with Gasteiger partial charge in [-0.05, 0) is 56.6 Å². The van der Waals surface area contributed by atoms with Crippen LogP contribution in [0.2, 0.25) is 0 Å². The summed E-state index contributed by atoms with van der Waals surface area (Å²) in [4.78, 5) is 52.2. The van der Waals surface area contributed by atoms with Crippen LogP contribution in [0, 0.1) is 6.92 Å². The third-order valence-electron chi connectivity index (χ3n) is 5.05. The van der Waals surface area contributed by atoms with Crippen molar-refractivity contribution in [3.63, 3.8) is 0 Å². The van der Waals surface area contributed by atoms with Crippen molar-refractivity contribution in [2.24, 2.45) is 5.73 Å². The monoisotopic (exact) mass is 529 g/mol. The summed E-state index contributed by atoms with van der Waals surface area (Å²) in [6, 6.07) is 8.33. The molecule has 5 N–H and O–H groups in total. The molecule has 0 aliphatic rings. The van der Waals surface area contributed by atoms with Crippen LogP contribution in [0.15, 0.2) is 40.8 Å². The first-order valence-electron chi connectivity index (χ1n) is 11.3. The zero-order valence-electron chi connectivity index (χ0n) is 20.5. The number of anilines is 2. The van der Waals surface area contributed by atoms with Crippen LogP contribution in [0.1, 0.15) is 51.6 Å². The first kappa shape index (κ1) is 27.2. The molecule has 0 aliphatic carbocycles. The first-order chi connectivity index (χ1) is 17.7. The van der Waals surface area contributed by atoms with E-state index in [0.717, 1.165) is 4.90 Å². The summed E-state index contributed by atoms with van der Waals surface area (Å²) >= 11 is 0.665. The van der Waals surface area contributed by atoms with E-state index in [2.05, 4.69) is 9.69 Å². The molecule has 13 heteroatoms. The number of esters is 1. The Morgan fingerprint density at radius 1 is 1.14 bits per heavy atom.